The van der Waals surface area contributed by atoms with E-state index in [1.54, 1.807) is 16.7 Å². The summed E-state index contributed by atoms with van der Waals surface area (Å²) in [6.45, 7) is 22.1. The van der Waals surface area contributed by atoms with E-state index in [9.17, 15) is 0 Å². The summed E-state index contributed by atoms with van der Waals surface area (Å²) >= 11 is 4.29. The molecule has 0 heterocycles. The van der Waals surface area contributed by atoms with Crippen LogP contribution >= 0.6 is 15.9 Å². The van der Waals surface area contributed by atoms with Crippen LogP contribution in [-0.2, 0) is 0 Å². The summed E-state index contributed by atoms with van der Waals surface area (Å²) in [5.41, 5.74) is 6.04. The lowest BCUT2D eigenvalue weighted by molar-refractivity contribution is 0.0532. The van der Waals surface area contributed by atoms with E-state index in [4.69, 9.17) is 0 Å². The van der Waals surface area contributed by atoms with Crippen LogP contribution in [0.1, 0.15) is 101 Å². The van der Waals surface area contributed by atoms with Crippen LogP contribution in [-0.4, -0.2) is 0 Å². The lowest BCUT2D eigenvalue weighted by atomic mass is 9.50. The first-order chi connectivity index (χ1) is 12.4. The van der Waals surface area contributed by atoms with Gasteiger partial charge in [-0.05, 0) is 76.9 Å². The molecule has 1 heteroatoms. The molecule has 0 spiro atoms. The predicted octanol–water partition coefficient (Wildman–Crippen LogP) is 8.98. The third kappa shape index (κ3) is 2.66. The molecule has 3 aliphatic carbocycles. The molecule has 1 atom stereocenters. The van der Waals surface area contributed by atoms with Gasteiger partial charge in [0.1, 0.15) is 0 Å². The van der Waals surface area contributed by atoms with Gasteiger partial charge in [-0.25, -0.2) is 0 Å². The highest BCUT2D eigenvalue weighted by molar-refractivity contribution is 9.11. The summed E-state index contributed by atoms with van der Waals surface area (Å²) in [5, 5.41) is 0. The van der Waals surface area contributed by atoms with Crippen LogP contribution in [0.15, 0.2) is 33.4 Å². The number of fused-ring (bicyclic) bond motifs is 2. The minimum atomic E-state index is 0.0882. The van der Waals surface area contributed by atoms with E-state index in [-0.39, 0.29) is 16.2 Å². The van der Waals surface area contributed by atoms with Gasteiger partial charge in [0.15, 0.2) is 0 Å². The summed E-state index contributed by atoms with van der Waals surface area (Å²) in [5.74, 6) is 0. The molecular weight excluding hydrogens is 392 g/mol. The zero-order chi connectivity index (χ0) is 20.5. The van der Waals surface area contributed by atoms with E-state index < -0.39 is 0 Å². The van der Waals surface area contributed by atoms with E-state index in [2.05, 4.69) is 90.4 Å². The van der Waals surface area contributed by atoms with Crippen molar-refractivity contribution in [2.75, 3.05) is 0 Å². The second-order valence-electron chi connectivity index (χ2n) is 11.1. The topological polar surface area (TPSA) is 0 Å². The first-order valence-electron chi connectivity index (χ1n) is 11.3. The van der Waals surface area contributed by atoms with Crippen molar-refractivity contribution in [3.63, 3.8) is 0 Å². The van der Waals surface area contributed by atoms with Gasteiger partial charge < -0.3 is 0 Å². The van der Waals surface area contributed by atoms with Crippen molar-refractivity contribution >= 4 is 15.9 Å². The molecular formula is C26H41Br. The average Bonchev–Trinajstić information content (AvgIpc) is 2.76. The van der Waals surface area contributed by atoms with E-state index in [0.29, 0.717) is 10.8 Å². The van der Waals surface area contributed by atoms with Crippen molar-refractivity contribution in [3.05, 3.63) is 33.4 Å². The molecule has 0 aliphatic heterocycles. The first kappa shape index (κ1) is 21.4. The van der Waals surface area contributed by atoms with Gasteiger partial charge in [-0.15, -0.1) is 0 Å². The summed E-state index contributed by atoms with van der Waals surface area (Å²) in [7, 11) is 0. The smallest absolute Gasteiger partial charge is 0.0235 e. The van der Waals surface area contributed by atoms with Gasteiger partial charge in [0.25, 0.3) is 0 Å². The minimum Gasteiger partial charge on any atom is -0.0693 e. The van der Waals surface area contributed by atoms with Crippen molar-refractivity contribution in [2.24, 2.45) is 27.1 Å². The highest BCUT2D eigenvalue weighted by Gasteiger charge is 2.58. The van der Waals surface area contributed by atoms with Crippen molar-refractivity contribution in [2.45, 2.75) is 101 Å². The predicted molar refractivity (Wildman–Crippen MR) is 123 cm³/mol. The molecule has 152 valence electrons. The Hall–Kier alpha value is -0.300. The standard InChI is InChI=1S/C26H41Br/c1-10-25(11-2)16-23(7,8)19-14-18-15-24(9,21(27)20(19)25)26(12-3,13-4)17-22(18,5)6/h14-15H,10-13,16-17H2,1-9H3. The van der Waals surface area contributed by atoms with E-state index in [1.807, 2.05) is 0 Å². The fourth-order valence-corrected chi connectivity index (χ4v) is 8.27. The van der Waals surface area contributed by atoms with Crippen molar-refractivity contribution in [1.29, 1.82) is 0 Å². The van der Waals surface area contributed by atoms with Crippen LogP contribution in [0.5, 0.6) is 0 Å². The molecule has 1 saturated carbocycles. The molecule has 3 rings (SSSR count). The second-order valence-corrected chi connectivity index (χ2v) is 11.9. The molecule has 0 N–H and O–H groups in total. The van der Waals surface area contributed by atoms with Crippen molar-refractivity contribution in [1.82, 2.24) is 0 Å². The lowest BCUT2D eigenvalue weighted by Crippen LogP contribution is -2.46. The third-order valence-electron chi connectivity index (χ3n) is 9.10. The van der Waals surface area contributed by atoms with E-state index >= 15 is 0 Å². The fourth-order valence-electron chi connectivity index (χ4n) is 7.10. The van der Waals surface area contributed by atoms with Crippen LogP contribution < -0.4 is 0 Å². The molecule has 2 bridgehead atoms. The monoisotopic (exact) mass is 432 g/mol. The summed E-state index contributed by atoms with van der Waals surface area (Å²) in [4.78, 5) is 0. The van der Waals surface area contributed by atoms with Crippen LogP contribution in [0.25, 0.3) is 0 Å². The Morgan fingerprint density at radius 1 is 0.815 bits per heavy atom. The maximum Gasteiger partial charge on any atom is 0.0235 e. The van der Waals surface area contributed by atoms with Gasteiger partial charge in [-0.3, -0.25) is 0 Å². The van der Waals surface area contributed by atoms with Gasteiger partial charge in [0.05, 0.1) is 0 Å². The number of allylic oxidation sites excluding steroid dienone is 6. The molecule has 0 nitrogen and oxygen atoms in total. The Labute approximate surface area is 177 Å². The second kappa shape index (κ2) is 6.35. The van der Waals surface area contributed by atoms with Crippen molar-refractivity contribution in [3.8, 4) is 0 Å². The molecule has 0 saturated heterocycles. The molecule has 0 aromatic carbocycles. The number of hydrogen-bond acceptors (Lipinski definition) is 0. The van der Waals surface area contributed by atoms with Gasteiger partial charge in [0.2, 0.25) is 0 Å². The first-order valence-corrected chi connectivity index (χ1v) is 12.0. The normalized spacial score (nSPS) is 32.5. The van der Waals surface area contributed by atoms with Crippen LogP contribution in [0.4, 0.5) is 0 Å². The molecule has 0 aromatic heterocycles. The van der Waals surface area contributed by atoms with Crippen LogP contribution in [0, 0.1) is 27.1 Å². The summed E-state index contributed by atoms with van der Waals surface area (Å²) < 4.78 is 1.50. The summed E-state index contributed by atoms with van der Waals surface area (Å²) in [6, 6.07) is 0. The Morgan fingerprint density at radius 2 is 1.37 bits per heavy atom. The van der Waals surface area contributed by atoms with Gasteiger partial charge in [0, 0.05) is 9.90 Å². The number of rotatable bonds is 4. The molecule has 1 fully saturated rings. The van der Waals surface area contributed by atoms with Crippen molar-refractivity contribution < 1.29 is 0 Å². The van der Waals surface area contributed by atoms with E-state index in [0.717, 1.165) is 0 Å². The summed E-state index contributed by atoms with van der Waals surface area (Å²) in [6.07, 6.45) is 12.8. The molecule has 0 radical (unpaired) electrons. The molecule has 0 aromatic rings. The zero-order valence-corrected chi connectivity index (χ0v) is 20.9. The highest BCUT2D eigenvalue weighted by atomic mass is 79.9. The Kier molecular flexibility index (Phi) is 5.03. The minimum absolute atomic E-state index is 0.0882. The van der Waals surface area contributed by atoms with Crippen LogP contribution in [0.3, 0.4) is 0 Å². The van der Waals surface area contributed by atoms with Gasteiger partial charge in [-0.2, -0.15) is 0 Å². The molecule has 0 amide bonds. The SMILES string of the molecule is CCC1(CC)CC(C)(C)C2=CC3=CC(C)(C(Br)=C21)C(CC)(CC)CC3(C)C. The van der Waals surface area contributed by atoms with E-state index in [1.165, 1.54) is 43.0 Å². The van der Waals surface area contributed by atoms with Gasteiger partial charge in [-0.1, -0.05) is 90.4 Å². The average molecular weight is 434 g/mol. The highest BCUT2D eigenvalue weighted by Crippen LogP contribution is 2.70. The Morgan fingerprint density at radius 3 is 1.85 bits per heavy atom. The molecule has 3 aliphatic rings. The Bertz CT molecular complexity index is 719. The van der Waals surface area contributed by atoms with Gasteiger partial charge >= 0.3 is 0 Å². The number of hydrogen-bond donors (Lipinski definition) is 0. The lowest BCUT2D eigenvalue weighted by Gasteiger charge is -2.55. The van der Waals surface area contributed by atoms with Crippen LogP contribution in [0.2, 0.25) is 0 Å². The zero-order valence-electron chi connectivity index (χ0n) is 19.3. The maximum atomic E-state index is 4.29. The largest absolute Gasteiger partial charge is 0.0693 e. The Balaban J connectivity index is 2.42. The maximum absolute atomic E-state index is 4.29. The third-order valence-corrected chi connectivity index (χ3v) is 10.3. The molecule has 1 unspecified atom stereocenters. The number of halogens is 1. The molecule has 27 heavy (non-hydrogen) atoms. The fraction of sp³-hybridized carbons (Fsp3) is 0.769. The quantitative estimate of drug-likeness (QED) is 0.415.